The third-order valence-electron chi connectivity index (χ3n) is 5.52. The molecule has 1 aliphatic heterocycles. The monoisotopic (exact) mass is 490 g/mol. The molecule has 1 aliphatic rings. The van der Waals surface area contributed by atoms with Crippen molar-refractivity contribution in [3.8, 4) is 5.75 Å². The van der Waals surface area contributed by atoms with Crippen LogP contribution in [0.15, 0.2) is 24.4 Å². The number of nitrogens with zero attached hydrogens (tertiary/aromatic N) is 3. The van der Waals surface area contributed by atoms with Crippen molar-refractivity contribution in [2.75, 3.05) is 30.0 Å². The van der Waals surface area contributed by atoms with Gasteiger partial charge in [-0.25, -0.2) is 4.98 Å². The molecule has 1 saturated heterocycles. The molecule has 1 fully saturated rings. The lowest BCUT2D eigenvalue weighted by atomic mass is 10.1. The number of hydrogen-bond donors (Lipinski definition) is 3. The van der Waals surface area contributed by atoms with Crippen molar-refractivity contribution in [1.82, 2.24) is 14.9 Å². The zero-order chi connectivity index (χ0) is 25.0. The number of anilines is 3. The number of nitrogens with one attached hydrogen (secondary N) is 2. The molecule has 0 aliphatic carbocycles. The number of primary amides is 1. The van der Waals surface area contributed by atoms with Crippen LogP contribution in [0.4, 0.5) is 17.5 Å². The minimum Gasteiger partial charge on any atom is -0.382 e. The lowest BCUT2D eigenvalue weighted by molar-refractivity contribution is 0.0791. The van der Waals surface area contributed by atoms with E-state index in [1.165, 1.54) is 18.3 Å². The molecule has 1 unspecified atom stereocenters. The van der Waals surface area contributed by atoms with Gasteiger partial charge in [-0.2, -0.15) is 13.4 Å². The van der Waals surface area contributed by atoms with E-state index in [-0.39, 0.29) is 46.5 Å². The quantitative estimate of drug-likeness (QED) is 0.449. The van der Waals surface area contributed by atoms with Gasteiger partial charge in [-0.1, -0.05) is 13.8 Å². The van der Waals surface area contributed by atoms with E-state index in [0.29, 0.717) is 18.8 Å². The SMILES string of the molecule is CC(C)C(C)Nc1nc(Nc2ccc(OS(C)(=O)=O)c(C(=O)N3CCCC3)c2)ncc1C(N)=O. The highest BCUT2D eigenvalue weighted by molar-refractivity contribution is 7.86. The maximum atomic E-state index is 13.0. The van der Waals surface area contributed by atoms with Crippen molar-refractivity contribution in [1.29, 1.82) is 0 Å². The first kappa shape index (κ1) is 25.2. The Labute approximate surface area is 199 Å². The Morgan fingerprint density at radius 2 is 1.82 bits per heavy atom. The molecule has 3 rings (SSSR count). The zero-order valence-corrected chi connectivity index (χ0v) is 20.5. The van der Waals surface area contributed by atoms with Crippen LogP contribution in [0.2, 0.25) is 0 Å². The van der Waals surface area contributed by atoms with E-state index in [1.807, 2.05) is 20.8 Å². The summed E-state index contributed by atoms with van der Waals surface area (Å²) in [6, 6.07) is 4.47. The van der Waals surface area contributed by atoms with Crippen molar-refractivity contribution in [3.63, 3.8) is 0 Å². The molecular weight excluding hydrogens is 460 g/mol. The molecule has 2 heterocycles. The fourth-order valence-corrected chi connectivity index (χ4v) is 3.82. The van der Waals surface area contributed by atoms with Gasteiger partial charge in [0.1, 0.15) is 5.82 Å². The summed E-state index contributed by atoms with van der Waals surface area (Å²) in [7, 11) is -3.83. The van der Waals surface area contributed by atoms with Crippen LogP contribution in [0.5, 0.6) is 5.75 Å². The third kappa shape index (κ3) is 6.34. The summed E-state index contributed by atoms with van der Waals surface area (Å²) in [5, 5.41) is 6.18. The van der Waals surface area contributed by atoms with Crippen LogP contribution >= 0.6 is 0 Å². The van der Waals surface area contributed by atoms with Gasteiger partial charge in [-0.05, 0) is 43.9 Å². The van der Waals surface area contributed by atoms with Crippen LogP contribution in [0, 0.1) is 5.92 Å². The summed E-state index contributed by atoms with van der Waals surface area (Å²) in [5.41, 5.74) is 6.17. The van der Waals surface area contributed by atoms with E-state index in [0.717, 1.165) is 19.1 Å². The van der Waals surface area contributed by atoms with Gasteiger partial charge in [-0.15, -0.1) is 0 Å². The minimum absolute atomic E-state index is 0.0120. The van der Waals surface area contributed by atoms with Crippen LogP contribution in [0.1, 0.15) is 54.3 Å². The Morgan fingerprint density at radius 1 is 1.15 bits per heavy atom. The number of benzene rings is 1. The molecule has 4 N–H and O–H groups in total. The maximum absolute atomic E-state index is 13.0. The first-order valence-electron chi connectivity index (χ1n) is 11.0. The fraction of sp³-hybridized carbons (Fsp3) is 0.455. The van der Waals surface area contributed by atoms with Gasteiger partial charge in [-0.3, -0.25) is 9.59 Å². The molecule has 0 saturated carbocycles. The van der Waals surface area contributed by atoms with Gasteiger partial charge < -0.3 is 25.5 Å². The normalized spacial score (nSPS) is 14.7. The van der Waals surface area contributed by atoms with Crippen LogP contribution in [0.25, 0.3) is 0 Å². The smallest absolute Gasteiger partial charge is 0.306 e. The lowest BCUT2D eigenvalue weighted by Gasteiger charge is -2.20. The van der Waals surface area contributed by atoms with Crippen LogP contribution in [0.3, 0.4) is 0 Å². The Morgan fingerprint density at radius 3 is 2.41 bits per heavy atom. The molecule has 2 aromatic rings. The molecule has 1 aromatic carbocycles. The highest BCUT2D eigenvalue weighted by Crippen LogP contribution is 2.28. The topological polar surface area (TPSA) is 157 Å². The molecule has 12 heteroatoms. The molecular formula is C22H30N6O5S. The molecule has 2 amide bonds. The molecule has 0 bridgehead atoms. The Balaban J connectivity index is 1.94. The first-order chi connectivity index (χ1) is 15.9. The number of carbonyl (C=O) groups is 2. The number of carbonyl (C=O) groups excluding carboxylic acids is 2. The number of likely N-dealkylation sites (tertiary alicyclic amines) is 1. The first-order valence-corrected chi connectivity index (χ1v) is 12.8. The number of hydrogen-bond acceptors (Lipinski definition) is 9. The average molecular weight is 491 g/mol. The maximum Gasteiger partial charge on any atom is 0.306 e. The van der Waals surface area contributed by atoms with Crippen LogP contribution in [-0.2, 0) is 10.1 Å². The average Bonchev–Trinajstić information content (AvgIpc) is 3.28. The van der Waals surface area contributed by atoms with Gasteiger partial charge in [0, 0.05) is 31.0 Å². The highest BCUT2D eigenvalue weighted by atomic mass is 32.2. The number of aromatic nitrogens is 2. The number of nitrogens with two attached hydrogens (primary N) is 1. The summed E-state index contributed by atoms with van der Waals surface area (Å²) in [6.07, 6.45) is 4.02. The lowest BCUT2D eigenvalue weighted by Crippen LogP contribution is -2.28. The molecule has 1 atom stereocenters. The highest BCUT2D eigenvalue weighted by Gasteiger charge is 2.25. The molecule has 34 heavy (non-hydrogen) atoms. The second kappa shape index (κ2) is 10.2. The van der Waals surface area contributed by atoms with Crippen molar-refractivity contribution in [2.45, 2.75) is 39.7 Å². The Kier molecular flexibility index (Phi) is 7.60. The number of rotatable bonds is 9. The Bertz CT molecular complexity index is 1180. The van der Waals surface area contributed by atoms with Crippen molar-refractivity contribution < 1.29 is 22.2 Å². The third-order valence-corrected chi connectivity index (χ3v) is 6.00. The van der Waals surface area contributed by atoms with Crippen LogP contribution < -0.4 is 20.6 Å². The van der Waals surface area contributed by atoms with Gasteiger partial charge in [0.05, 0.1) is 17.4 Å². The van der Waals surface area contributed by atoms with E-state index >= 15 is 0 Å². The second-order valence-electron chi connectivity index (χ2n) is 8.62. The predicted molar refractivity (Wildman–Crippen MR) is 129 cm³/mol. The van der Waals surface area contributed by atoms with Crippen molar-refractivity contribution in [3.05, 3.63) is 35.5 Å². The molecule has 0 spiro atoms. The van der Waals surface area contributed by atoms with E-state index in [4.69, 9.17) is 9.92 Å². The van der Waals surface area contributed by atoms with Gasteiger partial charge in [0.15, 0.2) is 5.75 Å². The summed E-state index contributed by atoms with van der Waals surface area (Å²) in [5.74, 6) is -0.309. The molecule has 184 valence electrons. The van der Waals surface area contributed by atoms with E-state index in [2.05, 4.69) is 20.6 Å². The van der Waals surface area contributed by atoms with Crippen LogP contribution in [-0.4, -0.2) is 60.5 Å². The molecule has 11 nitrogen and oxygen atoms in total. The van der Waals surface area contributed by atoms with Gasteiger partial charge >= 0.3 is 10.1 Å². The molecule has 1 aromatic heterocycles. The summed E-state index contributed by atoms with van der Waals surface area (Å²) in [4.78, 5) is 35.1. The van der Waals surface area contributed by atoms with Crippen molar-refractivity contribution in [2.24, 2.45) is 11.7 Å². The zero-order valence-electron chi connectivity index (χ0n) is 19.7. The van der Waals surface area contributed by atoms with E-state index < -0.39 is 16.0 Å². The van der Waals surface area contributed by atoms with Crippen molar-refractivity contribution >= 4 is 39.4 Å². The standard InChI is InChI=1S/C22H30N6O5S/c1-13(2)14(3)25-20-17(19(23)29)12-24-22(27-20)26-15-7-8-18(33-34(4,31)32)16(11-15)21(30)28-9-5-6-10-28/h7-8,11-14H,5-6,9-10H2,1-4H3,(H2,23,29)(H2,24,25,26,27). The van der Waals surface area contributed by atoms with E-state index in [1.54, 1.807) is 11.0 Å². The molecule has 0 radical (unpaired) electrons. The fourth-order valence-electron chi connectivity index (χ4n) is 3.35. The summed E-state index contributed by atoms with van der Waals surface area (Å²) >= 11 is 0. The Hall–Kier alpha value is -3.41. The van der Waals surface area contributed by atoms with Gasteiger partial charge in [0.2, 0.25) is 5.95 Å². The predicted octanol–water partition coefficient (Wildman–Crippen LogP) is 2.35. The second-order valence-corrected chi connectivity index (χ2v) is 10.2. The summed E-state index contributed by atoms with van der Waals surface area (Å²) in [6.45, 7) is 7.20. The summed E-state index contributed by atoms with van der Waals surface area (Å²) < 4.78 is 28.5. The van der Waals surface area contributed by atoms with E-state index in [9.17, 15) is 18.0 Å². The van der Waals surface area contributed by atoms with Gasteiger partial charge in [0.25, 0.3) is 11.8 Å². The minimum atomic E-state index is -3.83. The number of amides is 2. The largest absolute Gasteiger partial charge is 0.382 e.